The minimum atomic E-state index is -2.59. The molecule has 1 saturated heterocycles. The fourth-order valence-electron chi connectivity index (χ4n) is 2.53. The molecule has 2 aliphatic rings. The lowest BCUT2D eigenvalue weighted by molar-refractivity contribution is -0.133. The molecule has 0 aromatic heterocycles. The van der Waals surface area contributed by atoms with Crippen molar-refractivity contribution >= 4 is 0 Å². The molecule has 0 bridgehead atoms. The number of benzene rings is 1. The van der Waals surface area contributed by atoms with Crippen LogP contribution >= 0.6 is 0 Å². The zero-order chi connectivity index (χ0) is 13.8. The van der Waals surface area contributed by atoms with Gasteiger partial charge >= 0.3 is 6.61 Å². The Balaban J connectivity index is 0.000000148. The van der Waals surface area contributed by atoms with Crippen molar-refractivity contribution in [2.75, 3.05) is 19.7 Å². The Bertz CT molecular complexity index is 382. The Hall–Kier alpha value is -1.07. The van der Waals surface area contributed by atoms with Crippen LogP contribution in [-0.2, 0) is 4.74 Å². The van der Waals surface area contributed by atoms with E-state index >= 15 is 0 Å². The molecule has 0 amide bonds. The van der Waals surface area contributed by atoms with Crippen molar-refractivity contribution in [1.29, 1.82) is 0 Å². The van der Waals surface area contributed by atoms with Gasteiger partial charge in [0.15, 0.2) is 0 Å². The number of hydrogen-bond donors (Lipinski definition) is 1. The number of alkyl halides is 2. The Morgan fingerprint density at radius 1 is 1.26 bits per heavy atom. The summed E-state index contributed by atoms with van der Waals surface area (Å²) in [5.74, 6) is 1.51. The number of ether oxygens (including phenoxy) is 1. The number of halogens is 3. The van der Waals surface area contributed by atoms with Crippen LogP contribution in [0.15, 0.2) is 24.3 Å². The van der Waals surface area contributed by atoms with Crippen LogP contribution < -0.4 is 5.32 Å². The average molecular weight is 273 g/mol. The van der Waals surface area contributed by atoms with Gasteiger partial charge in [0, 0.05) is 0 Å². The first-order valence-electron chi connectivity index (χ1n) is 6.41. The number of nitrogens with one attached hydrogen (secondary N) is 1. The zero-order valence-corrected chi connectivity index (χ0v) is 10.8. The predicted octanol–water partition coefficient (Wildman–Crippen LogP) is 2.83. The highest BCUT2D eigenvalue weighted by atomic mass is 19.3. The van der Waals surface area contributed by atoms with Crippen molar-refractivity contribution in [3.63, 3.8) is 0 Å². The van der Waals surface area contributed by atoms with Crippen molar-refractivity contribution in [3.05, 3.63) is 35.6 Å². The summed E-state index contributed by atoms with van der Waals surface area (Å²) in [7, 11) is 0. The summed E-state index contributed by atoms with van der Waals surface area (Å²) in [6, 6.07) is 6.70. The van der Waals surface area contributed by atoms with Gasteiger partial charge in [-0.1, -0.05) is 18.2 Å². The minimum Gasteiger partial charge on any atom is -0.323 e. The highest BCUT2D eigenvalue weighted by Crippen LogP contribution is 2.48. The van der Waals surface area contributed by atoms with Gasteiger partial charge < -0.3 is 10.1 Å². The summed E-state index contributed by atoms with van der Waals surface area (Å²) < 4.78 is 39.7. The highest BCUT2D eigenvalue weighted by Gasteiger charge is 2.52. The van der Waals surface area contributed by atoms with Crippen molar-refractivity contribution in [1.82, 2.24) is 5.32 Å². The second-order valence-corrected chi connectivity index (χ2v) is 4.99. The third-order valence-electron chi connectivity index (χ3n) is 3.76. The third kappa shape index (κ3) is 3.94. The molecule has 1 saturated carbocycles. The van der Waals surface area contributed by atoms with Gasteiger partial charge in [-0.25, -0.2) is 4.39 Å². The van der Waals surface area contributed by atoms with Gasteiger partial charge in [0.05, 0.1) is 6.61 Å². The summed E-state index contributed by atoms with van der Waals surface area (Å²) in [4.78, 5) is 0. The first-order valence-corrected chi connectivity index (χ1v) is 6.41. The molecule has 5 heteroatoms. The monoisotopic (exact) mass is 273 g/mol. The van der Waals surface area contributed by atoms with Crippen LogP contribution in [-0.4, -0.2) is 26.3 Å². The van der Waals surface area contributed by atoms with E-state index in [0.717, 1.165) is 13.1 Å². The van der Waals surface area contributed by atoms with Gasteiger partial charge in [-0.15, -0.1) is 0 Å². The molecule has 2 unspecified atom stereocenters. The molecular formula is C14H18F3NO. The zero-order valence-electron chi connectivity index (χ0n) is 10.8. The van der Waals surface area contributed by atoms with Crippen LogP contribution in [0.4, 0.5) is 13.2 Å². The van der Waals surface area contributed by atoms with Gasteiger partial charge in [-0.05, 0) is 49.4 Å². The minimum absolute atomic E-state index is 0.132. The van der Waals surface area contributed by atoms with Crippen LogP contribution in [0.5, 0.6) is 0 Å². The molecule has 0 radical (unpaired) electrons. The summed E-state index contributed by atoms with van der Waals surface area (Å²) in [6.45, 7) is 1.37. The lowest BCUT2D eigenvalue weighted by Crippen LogP contribution is -2.17. The molecule has 1 N–H and O–H groups in total. The van der Waals surface area contributed by atoms with Crippen LogP contribution in [0.3, 0.4) is 0 Å². The maximum atomic E-state index is 12.3. The van der Waals surface area contributed by atoms with Crippen molar-refractivity contribution in [2.45, 2.75) is 13.5 Å². The number of aryl methyl sites for hydroxylation is 1. The fraction of sp³-hybridized carbons (Fsp3) is 0.571. The molecule has 19 heavy (non-hydrogen) atoms. The normalized spacial score (nSPS) is 27.7. The topological polar surface area (TPSA) is 21.3 Å². The quantitative estimate of drug-likeness (QED) is 0.914. The molecule has 1 aliphatic heterocycles. The highest BCUT2D eigenvalue weighted by molar-refractivity contribution is 5.14. The molecule has 1 aromatic carbocycles. The van der Waals surface area contributed by atoms with Crippen LogP contribution in [0, 0.1) is 30.5 Å². The predicted molar refractivity (Wildman–Crippen MR) is 66.4 cm³/mol. The molecule has 1 aromatic rings. The second kappa shape index (κ2) is 6.39. The van der Waals surface area contributed by atoms with Gasteiger partial charge in [-0.3, -0.25) is 0 Å². The van der Waals surface area contributed by atoms with Crippen LogP contribution in [0.25, 0.3) is 0 Å². The van der Waals surface area contributed by atoms with Gasteiger partial charge in [0.1, 0.15) is 5.82 Å². The van der Waals surface area contributed by atoms with Gasteiger partial charge in [0.2, 0.25) is 0 Å². The Kier molecular flexibility index (Phi) is 4.82. The summed E-state index contributed by atoms with van der Waals surface area (Å²) in [5.41, 5.74) is 0.701. The van der Waals surface area contributed by atoms with Crippen molar-refractivity contribution in [3.8, 4) is 0 Å². The van der Waals surface area contributed by atoms with E-state index in [1.165, 1.54) is 6.07 Å². The lowest BCUT2D eigenvalue weighted by Gasteiger charge is -2.04. The molecular weight excluding hydrogens is 255 g/mol. The molecule has 2 nitrogen and oxygen atoms in total. The standard InChI is InChI=1S/C7H11F2NO.C7H7F/c8-7(9)11-3-6-4-1-10-2-5(4)6;1-6-4-2-3-5-7(6)8/h4-7,10H,1-3H2;2-5H,1H3. The maximum Gasteiger partial charge on any atom is 0.345 e. The Morgan fingerprint density at radius 2 is 1.89 bits per heavy atom. The van der Waals surface area contributed by atoms with E-state index < -0.39 is 6.61 Å². The summed E-state index contributed by atoms with van der Waals surface area (Å²) in [6.07, 6.45) is 0. The second-order valence-electron chi connectivity index (χ2n) is 4.99. The smallest absolute Gasteiger partial charge is 0.323 e. The van der Waals surface area contributed by atoms with E-state index in [0.29, 0.717) is 23.3 Å². The van der Waals surface area contributed by atoms with Crippen molar-refractivity contribution in [2.24, 2.45) is 17.8 Å². The lowest BCUT2D eigenvalue weighted by atomic mass is 10.2. The third-order valence-corrected chi connectivity index (χ3v) is 3.76. The van der Waals surface area contributed by atoms with E-state index in [2.05, 4.69) is 10.1 Å². The van der Waals surface area contributed by atoms with Crippen LogP contribution in [0.1, 0.15) is 5.56 Å². The largest absolute Gasteiger partial charge is 0.345 e. The van der Waals surface area contributed by atoms with E-state index in [9.17, 15) is 13.2 Å². The van der Waals surface area contributed by atoms with Gasteiger partial charge in [-0.2, -0.15) is 8.78 Å². The Morgan fingerprint density at radius 3 is 2.37 bits per heavy atom. The average Bonchev–Trinajstić information content (AvgIpc) is 2.81. The molecule has 106 valence electrons. The molecule has 0 spiro atoms. The van der Waals surface area contributed by atoms with Gasteiger partial charge in [0.25, 0.3) is 0 Å². The molecule has 3 rings (SSSR count). The van der Waals surface area contributed by atoms with E-state index in [-0.39, 0.29) is 12.4 Å². The number of rotatable bonds is 3. The first kappa shape index (κ1) is 14.3. The Labute approximate surface area is 111 Å². The number of hydrogen-bond acceptors (Lipinski definition) is 2. The van der Waals surface area contributed by atoms with E-state index in [4.69, 9.17) is 0 Å². The molecule has 1 aliphatic carbocycles. The van der Waals surface area contributed by atoms with E-state index in [1.807, 2.05) is 6.07 Å². The number of piperidine rings is 1. The van der Waals surface area contributed by atoms with Crippen molar-refractivity contribution < 1.29 is 17.9 Å². The summed E-state index contributed by atoms with van der Waals surface area (Å²) in [5, 5.41) is 3.20. The first-order chi connectivity index (χ1) is 9.09. The molecule has 1 heterocycles. The molecule has 2 fully saturated rings. The van der Waals surface area contributed by atoms with E-state index in [1.54, 1.807) is 19.1 Å². The maximum absolute atomic E-state index is 12.3. The SMILES string of the molecule is Cc1ccccc1F.FC(F)OCC1C2CNCC21. The summed E-state index contributed by atoms with van der Waals surface area (Å²) >= 11 is 0. The van der Waals surface area contributed by atoms with Crippen LogP contribution in [0.2, 0.25) is 0 Å². The number of fused-ring (bicyclic) bond motifs is 1. The molecule has 2 atom stereocenters. The fourth-order valence-corrected chi connectivity index (χ4v) is 2.53.